The van der Waals surface area contributed by atoms with Crippen molar-refractivity contribution in [2.75, 3.05) is 5.73 Å². The summed E-state index contributed by atoms with van der Waals surface area (Å²) in [6.45, 7) is 2.20. The average Bonchev–Trinajstić information content (AvgIpc) is 3.09. The van der Waals surface area contributed by atoms with Gasteiger partial charge in [-0.1, -0.05) is 78.9 Å². The molecule has 5 aromatic rings. The molecule has 0 unspecified atom stereocenters. The van der Waals surface area contributed by atoms with Gasteiger partial charge in [-0.2, -0.15) is 0 Å². The van der Waals surface area contributed by atoms with Crippen molar-refractivity contribution >= 4 is 27.8 Å². The number of hydrogen-bond donors (Lipinski definition) is 1. The number of hydrogen-bond acceptors (Lipinski definition) is 3. The van der Waals surface area contributed by atoms with Crippen LogP contribution >= 0.6 is 0 Å². The Kier molecular flexibility index (Phi) is 3.83. The summed E-state index contributed by atoms with van der Waals surface area (Å²) in [4.78, 5) is 9.58. The van der Waals surface area contributed by atoms with Crippen molar-refractivity contribution in [1.82, 2.24) is 14.5 Å². The molecule has 1 atom stereocenters. The molecule has 2 aromatic heterocycles. The van der Waals surface area contributed by atoms with Gasteiger partial charge in [0, 0.05) is 10.9 Å². The molecule has 0 amide bonds. The quantitative estimate of drug-likeness (QED) is 0.463. The first-order chi connectivity index (χ1) is 13.7. The maximum atomic E-state index is 6.45. The molecule has 0 spiro atoms. The molecule has 0 aliphatic heterocycles. The van der Waals surface area contributed by atoms with E-state index in [4.69, 9.17) is 10.7 Å². The predicted octanol–water partition coefficient (Wildman–Crippen LogP) is 5.44. The second kappa shape index (κ2) is 6.50. The molecule has 136 valence electrons. The number of benzene rings is 3. The molecular formula is C24H20N4. The molecule has 0 saturated heterocycles. The summed E-state index contributed by atoms with van der Waals surface area (Å²) in [6, 6.07) is 28.9. The van der Waals surface area contributed by atoms with Crippen molar-refractivity contribution in [2.45, 2.75) is 13.0 Å². The van der Waals surface area contributed by atoms with Crippen LogP contribution in [0, 0.1) is 0 Å². The first-order valence-electron chi connectivity index (χ1n) is 9.40. The van der Waals surface area contributed by atoms with Gasteiger partial charge < -0.3 is 10.3 Å². The van der Waals surface area contributed by atoms with Crippen molar-refractivity contribution in [1.29, 1.82) is 0 Å². The molecule has 0 aliphatic carbocycles. The van der Waals surface area contributed by atoms with E-state index in [1.54, 1.807) is 0 Å². The van der Waals surface area contributed by atoms with Crippen molar-refractivity contribution < 1.29 is 0 Å². The van der Waals surface area contributed by atoms with Gasteiger partial charge >= 0.3 is 0 Å². The summed E-state index contributed by atoms with van der Waals surface area (Å²) < 4.78 is 2.27. The van der Waals surface area contributed by atoms with Gasteiger partial charge in [-0.25, -0.2) is 9.97 Å². The van der Waals surface area contributed by atoms with Gasteiger partial charge in [0.2, 0.25) is 0 Å². The summed E-state index contributed by atoms with van der Waals surface area (Å²) in [5.41, 5.74) is 10.6. The lowest BCUT2D eigenvalue weighted by Gasteiger charge is -2.17. The lowest BCUT2D eigenvalue weighted by Crippen LogP contribution is -2.08. The van der Waals surface area contributed by atoms with Crippen LogP contribution in [0.3, 0.4) is 0 Å². The fourth-order valence-corrected chi connectivity index (χ4v) is 3.90. The smallest absolute Gasteiger partial charge is 0.163 e. The van der Waals surface area contributed by atoms with Crippen molar-refractivity contribution in [3.05, 3.63) is 90.5 Å². The van der Waals surface area contributed by atoms with E-state index in [2.05, 4.69) is 58.9 Å². The number of fused-ring (bicyclic) bond motifs is 3. The van der Waals surface area contributed by atoms with E-state index in [0.29, 0.717) is 11.6 Å². The molecule has 5 rings (SSSR count). The maximum absolute atomic E-state index is 6.45. The molecule has 0 aliphatic rings. The van der Waals surface area contributed by atoms with Gasteiger partial charge in [-0.15, -0.1) is 0 Å². The second-order valence-electron chi connectivity index (χ2n) is 6.97. The number of nitrogens with two attached hydrogens (primary N) is 1. The number of nitrogens with zero attached hydrogens (tertiary/aromatic N) is 3. The Morgan fingerprint density at radius 1 is 0.786 bits per heavy atom. The van der Waals surface area contributed by atoms with Crippen LogP contribution in [-0.2, 0) is 0 Å². The molecular weight excluding hydrogens is 344 g/mol. The van der Waals surface area contributed by atoms with E-state index in [1.807, 2.05) is 42.5 Å². The zero-order chi connectivity index (χ0) is 19.1. The van der Waals surface area contributed by atoms with Gasteiger partial charge in [0.05, 0.1) is 16.9 Å². The highest BCUT2D eigenvalue weighted by molar-refractivity contribution is 6.11. The summed E-state index contributed by atoms with van der Waals surface area (Å²) in [7, 11) is 0. The molecule has 3 aromatic carbocycles. The van der Waals surface area contributed by atoms with Crippen molar-refractivity contribution in [2.24, 2.45) is 0 Å². The van der Waals surface area contributed by atoms with Crippen LogP contribution in [0.1, 0.15) is 18.5 Å². The first-order valence-corrected chi connectivity index (χ1v) is 9.40. The standard InChI is InChI=1S/C24H20N4/c1-16(17-10-4-2-5-11-17)28-20-15-9-8-14-19(20)21-22(25)26-23(27-24(21)28)18-12-6-3-7-13-18/h2-16H,1H3,(H2,25,26,27)/t16-/m0/s1. The van der Waals surface area contributed by atoms with E-state index >= 15 is 0 Å². The third-order valence-corrected chi connectivity index (χ3v) is 5.28. The highest BCUT2D eigenvalue weighted by atomic mass is 15.1. The zero-order valence-corrected chi connectivity index (χ0v) is 15.6. The Morgan fingerprint density at radius 2 is 1.43 bits per heavy atom. The second-order valence-corrected chi connectivity index (χ2v) is 6.97. The van der Waals surface area contributed by atoms with Crippen LogP contribution in [0.4, 0.5) is 5.82 Å². The molecule has 0 fully saturated rings. The molecule has 2 heterocycles. The first kappa shape index (κ1) is 16.5. The Labute approximate surface area is 163 Å². The van der Waals surface area contributed by atoms with E-state index in [0.717, 1.165) is 27.5 Å². The van der Waals surface area contributed by atoms with Gasteiger partial charge in [0.15, 0.2) is 5.82 Å². The van der Waals surface area contributed by atoms with Crippen LogP contribution in [-0.4, -0.2) is 14.5 Å². The monoisotopic (exact) mass is 364 g/mol. The molecule has 28 heavy (non-hydrogen) atoms. The Balaban J connectivity index is 1.85. The number of aromatic nitrogens is 3. The average molecular weight is 364 g/mol. The lowest BCUT2D eigenvalue weighted by molar-refractivity contribution is 0.679. The molecule has 0 bridgehead atoms. The molecule has 4 nitrogen and oxygen atoms in total. The molecule has 4 heteroatoms. The van der Waals surface area contributed by atoms with Gasteiger partial charge in [0.25, 0.3) is 0 Å². The minimum atomic E-state index is 0.113. The summed E-state index contributed by atoms with van der Waals surface area (Å²) >= 11 is 0. The van der Waals surface area contributed by atoms with Crippen LogP contribution in [0.25, 0.3) is 33.3 Å². The van der Waals surface area contributed by atoms with Crippen molar-refractivity contribution in [3.8, 4) is 11.4 Å². The number of rotatable bonds is 3. The fourth-order valence-electron chi connectivity index (χ4n) is 3.90. The van der Waals surface area contributed by atoms with Crippen molar-refractivity contribution in [3.63, 3.8) is 0 Å². The summed E-state index contributed by atoms with van der Waals surface area (Å²) in [6.07, 6.45) is 0. The Bertz CT molecular complexity index is 1270. The highest BCUT2D eigenvalue weighted by Crippen LogP contribution is 2.36. The van der Waals surface area contributed by atoms with E-state index in [1.165, 1.54) is 5.56 Å². The topological polar surface area (TPSA) is 56.7 Å². The van der Waals surface area contributed by atoms with Crippen LogP contribution in [0.2, 0.25) is 0 Å². The maximum Gasteiger partial charge on any atom is 0.163 e. The Morgan fingerprint density at radius 3 is 2.18 bits per heavy atom. The number of nitrogen functional groups attached to an aromatic ring is 1. The third kappa shape index (κ3) is 2.54. The van der Waals surface area contributed by atoms with E-state index in [-0.39, 0.29) is 6.04 Å². The molecule has 0 saturated carbocycles. The summed E-state index contributed by atoms with van der Waals surface area (Å²) in [5, 5.41) is 2.00. The van der Waals surface area contributed by atoms with E-state index in [9.17, 15) is 0 Å². The largest absolute Gasteiger partial charge is 0.383 e. The molecule has 0 radical (unpaired) electrons. The summed E-state index contributed by atoms with van der Waals surface area (Å²) in [5.74, 6) is 1.16. The number of anilines is 1. The predicted molar refractivity (Wildman–Crippen MR) is 115 cm³/mol. The Hall–Kier alpha value is -3.66. The fraction of sp³-hybridized carbons (Fsp3) is 0.0833. The van der Waals surface area contributed by atoms with Crippen LogP contribution < -0.4 is 5.73 Å². The highest BCUT2D eigenvalue weighted by Gasteiger charge is 2.20. The normalized spacial score (nSPS) is 12.5. The lowest BCUT2D eigenvalue weighted by atomic mass is 10.1. The minimum absolute atomic E-state index is 0.113. The van der Waals surface area contributed by atoms with Gasteiger partial charge in [0.1, 0.15) is 11.5 Å². The van der Waals surface area contributed by atoms with Gasteiger partial charge in [-0.3, -0.25) is 0 Å². The molecule has 2 N–H and O–H groups in total. The van der Waals surface area contributed by atoms with Crippen LogP contribution in [0.15, 0.2) is 84.9 Å². The minimum Gasteiger partial charge on any atom is -0.383 e. The number of para-hydroxylation sites is 1. The van der Waals surface area contributed by atoms with Gasteiger partial charge in [-0.05, 0) is 18.6 Å². The van der Waals surface area contributed by atoms with Crippen LogP contribution in [0.5, 0.6) is 0 Å². The zero-order valence-electron chi connectivity index (χ0n) is 15.6. The SMILES string of the molecule is C[C@@H](c1ccccc1)n1c2ccccc2c2c(N)nc(-c3ccccc3)nc21. The third-order valence-electron chi connectivity index (χ3n) is 5.28. The van der Waals surface area contributed by atoms with E-state index < -0.39 is 0 Å².